The third-order valence-corrected chi connectivity index (χ3v) is 6.29. The predicted octanol–water partition coefficient (Wildman–Crippen LogP) is -0.675. The molecule has 0 aliphatic carbocycles. The van der Waals surface area contributed by atoms with Crippen molar-refractivity contribution in [3.8, 4) is 0 Å². The molecule has 0 saturated heterocycles. The average molecular weight is 382 g/mol. The van der Waals surface area contributed by atoms with Gasteiger partial charge in [0.25, 0.3) is 11.1 Å². The Morgan fingerprint density at radius 1 is 0.962 bits per heavy atom. The molecule has 0 fully saturated rings. The summed E-state index contributed by atoms with van der Waals surface area (Å²) in [5.74, 6) is 0. The van der Waals surface area contributed by atoms with Crippen molar-refractivity contribution in [2.45, 2.75) is 25.3 Å². The number of nitrogens with zero attached hydrogens (tertiary/aromatic N) is 4. The van der Waals surface area contributed by atoms with Crippen LogP contribution < -0.4 is 16.8 Å². The van der Waals surface area contributed by atoms with Crippen LogP contribution in [0.5, 0.6) is 0 Å². The van der Waals surface area contributed by atoms with Crippen molar-refractivity contribution in [2.75, 3.05) is 13.1 Å². The van der Waals surface area contributed by atoms with E-state index in [4.69, 9.17) is 0 Å². The number of rotatable bonds is 6. The van der Waals surface area contributed by atoms with E-state index >= 15 is 0 Å². The van der Waals surface area contributed by atoms with Gasteiger partial charge in [-0.05, 0) is 6.07 Å². The van der Waals surface area contributed by atoms with Crippen molar-refractivity contribution in [1.29, 1.82) is 0 Å². The second-order valence-electron chi connectivity index (χ2n) is 5.79. The molecular formula is C16H22N4O5S. The molecule has 0 amide bonds. The van der Waals surface area contributed by atoms with Gasteiger partial charge in [0.05, 0.1) is 11.4 Å². The topological polar surface area (TPSA) is 103 Å². The molecule has 0 spiro atoms. The van der Waals surface area contributed by atoms with E-state index in [9.17, 15) is 22.8 Å². The Hall–Kier alpha value is -2.46. The molecule has 26 heavy (non-hydrogen) atoms. The van der Waals surface area contributed by atoms with Gasteiger partial charge >= 0.3 is 5.69 Å². The van der Waals surface area contributed by atoms with Gasteiger partial charge in [-0.25, -0.2) is 13.2 Å². The van der Waals surface area contributed by atoms with Crippen molar-refractivity contribution in [3.63, 3.8) is 0 Å². The van der Waals surface area contributed by atoms with Crippen LogP contribution in [0.3, 0.4) is 0 Å². The second kappa shape index (κ2) is 7.42. The van der Waals surface area contributed by atoms with E-state index < -0.39 is 26.8 Å². The largest absolute Gasteiger partial charge is 0.330 e. The molecule has 0 unspecified atom stereocenters. The van der Waals surface area contributed by atoms with Crippen LogP contribution >= 0.6 is 0 Å². The van der Waals surface area contributed by atoms with E-state index in [1.54, 1.807) is 13.8 Å². The molecule has 0 saturated carbocycles. The summed E-state index contributed by atoms with van der Waals surface area (Å²) in [5.41, 5.74) is -1.15. The minimum Gasteiger partial charge on any atom is -0.308 e. The molecule has 0 N–H and O–H groups in total. The first-order chi connectivity index (χ1) is 12.1. The molecule has 0 aliphatic rings. The first-order valence-electron chi connectivity index (χ1n) is 8.10. The average Bonchev–Trinajstić information content (AvgIpc) is 2.60. The summed E-state index contributed by atoms with van der Waals surface area (Å²) >= 11 is 0. The Labute approximate surface area is 150 Å². The van der Waals surface area contributed by atoms with E-state index in [1.165, 1.54) is 45.9 Å². The SMILES string of the molecule is CCN(CC)S(=O)(=O)c1ccc(=O)n(Cc2cc(=O)n(C)c(=O)n2C)c1. The molecule has 0 atom stereocenters. The minimum absolute atomic E-state index is 0.0189. The lowest BCUT2D eigenvalue weighted by Gasteiger charge is -2.19. The zero-order chi connectivity index (χ0) is 19.6. The molecule has 2 rings (SSSR count). The fraction of sp³-hybridized carbons (Fsp3) is 0.438. The van der Waals surface area contributed by atoms with E-state index in [0.717, 1.165) is 10.6 Å². The van der Waals surface area contributed by atoms with Gasteiger partial charge in [-0.3, -0.25) is 18.7 Å². The number of sulfonamides is 1. The molecule has 2 heterocycles. The number of hydrogen-bond donors (Lipinski definition) is 0. The molecule has 0 aromatic carbocycles. The lowest BCUT2D eigenvalue weighted by atomic mass is 10.3. The van der Waals surface area contributed by atoms with Crippen molar-refractivity contribution >= 4 is 10.0 Å². The van der Waals surface area contributed by atoms with E-state index in [2.05, 4.69) is 0 Å². The van der Waals surface area contributed by atoms with E-state index in [-0.39, 0.29) is 11.4 Å². The highest BCUT2D eigenvalue weighted by Crippen LogP contribution is 2.14. The molecule has 0 aliphatic heterocycles. The Morgan fingerprint density at radius 2 is 1.58 bits per heavy atom. The highest BCUT2D eigenvalue weighted by molar-refractivity contribution is 7.89. The maximum atomic E-state index is 12.6. The predicted molar refractivity (Wildman–Crippen MR) is 96.8 cm³/mol. The highest BCUT2D eigenvalue weighted by Gasteiger charge is 2.22. The lowest BCUT2D eigenvalue weighted by molar-refractivity contribution is 0.444. The van der Waals surface area contributed by atoms with Crippen molar-refractivity contribution in [3.05, 3.63) is 61.3 Å². The maximum absolute atomic E-state index is 12.6. The first-order valence-corrected chi connectivity index (χ1v) is 9.54. The van der Waals surface area contributed by atoms with Gasteiger partial charge in [0.2, 0.25) is 10.0 Å². The van der Waals surface area contributed by atoms with Gasteiger partial charge in [-0.15, -0.1) is 0 Å². The summed E-state index contributed by atoms with van der Waals surface area (Å²) in [5, 5.41) is 0. The van der Waals surface area contributed by atoms with E-state index in [1.807, 2.05) is 0 Å². The normalized spacial score (nSPS) is 11.9. The standard InChI is InChI=1S/C16H22N4O5S/c1-5-20(6-2)26(24,25)13-7-8-14(21)19(11-13)10-12-9-15(22)18(4)16(23)17(12)3/h7-9,11H,5-6,10H2,1-4H3. The Balaban J connectivity index is 2.56. The summed E-state index contributed by atoms with van der Waals surface area (Å²) in [6, 6.07) is 3.67. The van der Waals surface area contributed by atoms with Crippen molar-refractivity contribution in [2.24, 2.45) is 14.1 Å². The molecule has 10 heteroatoms. The van der Waals surface area contributed by atoms with Gasteiger partial charge < -0.3 is 4.57 Å². The Bertz CT molecular complexity index is 1090. The van der Waals surface area contributed by atoms with Crippen LogP contribution in [0.15, 0.2) is 43.7 Å². The summed E-state index contributed by atoms with van der Waals surface area (Å²) in [7, 11) is -0.883. The summed E-state index contributed by atoms with van der Waals surface area (Å²) in [6.45, 7) is 3.98. The van der Waals surface area contributed by atoms with E-state index in [0.29, 0.717) is 18.8 Å². The highest BCUT2D eigenvalue weighted by atomic mass is 32.2. The second-order valence-corrected chi connectivity index (χ2v) is 7.73. The number of pyridine rings is 1. The lowest BCUT2D eigenvalue weighted by Crippen LogP contribution is -2.39. The zero-order valence-electron chi connectivity index (χ0n) is 15.2. The number of aromatic nitrogens is 3. The Morgan fingerprint density at radius 3 is 2.15 bits per heavy atom. The van der Waals surface area contributed by atoms with Gasteiger partial charge in [0.15, 0.2) is 0 Å². The van der Waals surface area contributed by atoms with Crippen molar-refractivity contribution < 1.29 is 8.42 Å². The van der Waals surface area contributed by atoms with Crippen LogP contribution in [-0.4, -0.2) is 39.5 Å². The molecule has 0 radical (unpaired) electrons. The van der Waals surface area contributed by atoms with Crippen LogP contribution in [0, 0.1) is 0 Å². The monoisotopic (exact) mass is 382 g/mol. The van der Waals surface area contributed by atoms with Crippen LogP contribution in [-0.2, 0) is 30.7 Å². The van der Waals surface area contributed by atoms with Gasteiger partial charge in [0.1, 0.15) is 0 Å². The minimum atomic E-state index is -3.73. The third-order valence-electron chi connectivity index (χ3n) is 4.26. The van der Waals surface area contributed by atoms with Gasteiger partial charge in [0, 0.05) is 51.2 Å². The quantitative estimate of drug-likeness (QED) is 0.659. The molecule has 2 aromatic rings. The summed E-state index contributed by atoms with van der Waals surface area (Å²) in [4.78, 5) is 36.0. The molecule has 142 valence electrons. The first kappa shape index (κ1) is 19.9. The molecule has 0 bridgehead atoms. The van der Waals surface area contributed by atoms with Crippen LogP contribution in [0.2, 0.25) is 0 Å². The fourth-order valence-corrected chi connectivity index (χ4v) is 4.08. The molecular weight excluding hydrogens is 360 g/mol. The maximum Gasteiger partial charge on any atom is 0.330 e. The summed E-state index contributed by atoms with van der Waals surface area (Å²) in [6.07, 6.45) is 1.23. The summed E-state index contributed by atoms with van der Waals surface area (Å²) < 4.78 is 29.9. The zero-order valence-corrected chi connectivity index (χ0v) is 16.0. The van der Waals surface area contributed by atoms with Crippen LogP contribution in [0.25, 0.3) is 0 Å². The van der Waals surface area contributed by atoms with Gasteiger partial charge in [-0.2, -0.15) is 4.31 Å². The molecule has 9 nitrogen and oxygen atoms in total. The van der Waals surface area contributed by atoms with Crippen LogP contribution in [0.1, 0.15) is 19.5 Å². The van der Waals surface area contributed by atoms with Gasteiger partial charge in [-0.1, -0.05) is 13.8 Å². The fourth-order valence-electron chi connectivity index (χ4n) is 2.60. The van der Waals surface area contributed by atoms with Crippen LogP contribution in [0.4, 0.5) is 0 Å². The van der Waals surface area contributed by atoms with Crippen molar-refractivity contribution in [1.82, 2.24) is 18.0 Å². The number of hydrogen-bond acceptors (Lipinski definition) is 5. The third kappa shape index (κ3) is 3.56. The Kier molecular flexibility index (Phi) is 5.67. The molecule has 2 aromatic heterocycles. The smallest absolute Gasteiger partial charge is 0.308 e.